The van der Waals surface area contributed by atoms with Crippen LogP contribution in [0.25, 0.3) is 0 Å². The van der Waals surface area contributed by atoms with Gasteiger partial charge in [-0.2, -0.15) is 0 Å². The van der Waals surface area contributed by atoms with Gasteiger partial charge in [-0.15, -0.1) is 0 Å². The van der Waals surface area contributed by atoms with Crippen molar-refractivity contribution in [1.29, 1.82) is 0 Å². The molecule has 0 amide bonds. The van der Waals surface area contributed by atoms with Gasteiger partial charge in [0.1, 0.15) is 0 Å². The lowest BCUT2D eigenvalue weighted by atomic mass is 9.91. The zero-order valence-corrected chi connectivity index (χ0v) is 11.3. The van der Waals surface area contributed by atoms with Gasteiger partial charge in [-0.3, -0.25) is 0 Å². The second-order valence-electron chi connectivity index (χ2n) is 4.95. The van der Waals surface area contributed by atoms with E-state index in [0.717, 1.165) is 11.8 Å². The number of rotatable bonds is 10. The SMILES string of the molecule is CCCNCC(C)CCC(CC)CCC. The Labute approximate surface area is 97.0 Å². The Morgan fingerprint density at radius 1 is 0.933 bits per heavy atom. The Morgan fingerprint density at radius 3 is 2.20 bits per heavy atom. The first kappa shape index (κ1) is 15.0. The molecule has 0 aliphatic carbocycles. The lowest BCUT2D eigenvalue weighted by Crippen LogP contribution is -2.22. The summed E-state index contributed by atoms with van der Waals surface area (Å²) >= 11 is 0. The molecule has 0 saturated heterocycles. The molecule has 0 aromatic heterocycles. The first-order valence-electron chi connectivity index (χ1n) is 6.95. The summed E-state index contributed by atoms with van der Waals surface area (Å²) in [6.45, 7) is 11.6. The third kappa shape index (κ3) is 8.92. The second kappa shape index (κ2) is 10.5. The van der Waals surface area contributed by atoms with E-state index in [1.54, 1.807) is 0 Å². The third-order valence-electron chi connectivity index (χ3n) is 3.26. The van der Waals surface area contributed by atoms with E-state index >= 15 is 0 Å². The highest BCUT2D eigenvalue weighted by atomic mass is 14.8. The monoisotopic (exact) mass is 213 g/mol. The Balaban J connectivity index is 3.45. The van der Waals surface area contributed by atoms with Crippen LogP contribution in [0.4, 0.5) is 0 Å². The predicted octanol–water partition coefficient (Wildman–Crippen LogP) is 4.23. The molecule has 0 heterocycles. The molecule has 0 aliphatic heterocycles. The highest BCUT2D eigenvalue weighted by Gasteiger charge is 2.08. The minimum absolute atomic E-state index is 0.849. The fourth-order valence-electron chi connectivity index (χ4n) is 2.11. The van der Waals surface area contributed by atoms with Crippen LogP contribution >= 0.6 is 0 Å². The number of hydrogen-bond donors (Lipinski definition) is 1. The molecule has 0 fully saturated rings. The van der Waals surface area contributed by atoms with E-state index in [-0.39, 0.29) is 0 Å². The van der Waals surface area contributed by atoms with Crippen molar-refractivity contribution in [2.24, 2.45) is 11.8 Å². The quantitative estimate of drug-likeness (QED) is 0.536. The van der Waals surface area contributed by atoms with Crippen molar-refractivity contribution in [2.75, 3.05) is 13.1 Å². The highest BCUT2D eigenvalue weighted by Crippen LogP contribution is 2.19. The van der Waals surface area contributed by atoms with Crippen LogP contribution in [0, 0.1) is 11.8 Å². The largest absolute Gasteiger partial charge is 0.316 e. The van der Waals surface area contributed by atoms with Gasteiger partial charge in [0, 0.05) is 0 Å². The van der Waals surface area contributed by atoms with E-state index in [1.165, 1.54) is 51.6 Å². The maximum atomic E-state index is 3.51. The molecule has 0 saturated carbocycles. The minimum Gasteiger partial charge on any atom is -0.316 e. The van der Waals surface area contributed by atoms with Crippen LogP contribution in [0.2, 0.25) is 0 Å². The van der Waals surface area contributed by atoms with Gasteiger partial charge < -0.3 is 5.32 Å². The van der Waals surface area contributed by atoms with Gasteiger partial charge in [0.2, 0.25) is 0 Å². The molecule has 92 valence electrons. The second-order valence-corrected chi connectivity index (χ2v) is 4.95. The number of hydrogen-bond acceptors (Lipinski definition) is 1. The van der Waals surface area contributed by atoms with E-state index in [1.807, 2.05) is 0 Å². The van der Waals surface area contributed by atoms with Crippen LogP contribution in [0.3, 0.4) is 0 Å². The van der Waals surface area contributed by atoms with Crippen molar-refractivity contribution in [2.45, 2.75) is 66.2 Å². The normalized spacial score (nSPS) is 15.2. The van der Waals surface area contributed by atoms with Gasteiger partial charge in [-0.05, 0) is 37.8 Å². The third-order valence-corrected chi connectivity index (χ3v) is 3.26. The molecular formula is C14H31N. The molecule has 0 bridgehead atoms. The van der Waals surface area contributed by atoms with E-state index in [2.05, 4.69) is 33.0 Å². The smallest absolute Gasteiger partial charge is 0.00232 e. The predicted molar refractivity (Wildman–Crippen MR) is 70.2 cm³/mol. The van der Waals surface area contributed by atoms with E-state index < -0.39 is 0 Å². The average molecular weight is 213 g/mol. The number of nitrogens with one attached hydrogen (secondary N) is 1. The van der Waals surface area contributed by atoms with Crippen LogP contribution in [0.15, 0.2) is 0 Å². The summed E-state index contributed by atoms with van der Waals surface area (Å²) in [7, 11) is 0. The summed E-state index contributed by atoms with van der Waals surface area (Å²) in [4.78, 5) is 0. The maximum Gasteiger partial charge on any atom is -0.00232 e. The summed E-state index contributed by atoms with van der Waals surface area (Å²) in [5, 5.41) is 3.51. The van der Waals surface area contributed by atoms with Gasteiger partial charge in [0.15, 0.2) is 0 Å². The van der Waals surface area contributed by atoms with Crippen molar-refractivity contribution < 1.29 is 0 Å². The van der Waals surface area contributed by atoms with Crippen LogP contribution in [0.1, 0.15) is 66.2 Å². The van der Waals surface area contributed by atoms with Crippen molar-refractivity contribution in [3.63, 3.8) is 0 Å². The van der Waals surface area contributed by atoms with E-state index in [4.69, 9.17) is 0 Å². The van der Waals surface area contributed by atoms with Crippen molar-refractivity contribution >= 4 is 0 Å². The zero-order valence-electron chi connectivity index (χ0n) is 11.3. The fraction of sp³-hybridized carbons (Fsp3) is 1.00. The molecule has 0 aliphatic rings. The Bertz CT molecular complexity index is 123. The van der Waals surface area contributed by atoms with Crippen LogP contribution in [-0.2, 0) is 0 Å². The first-order valence-corrected chi connectivity index (χ1v) is 6.95. The Hall–Kier alpha value is -0.0400. The molecule has 2 atom stereocenters. The molecule has 0 aromatic carbocycles. The van der Waals surface area contributed by atoms with Crippen LogP contribution in [0.5, 0.6) is 0 Å². The maximum absolute atomic E-state index is 3.51. The summed E-state index contributed by atoms with van der Waals surface area (Å²) in [6.07, 6.45) is 8.21. The van der Waals surface area contributed by atoms with Crippen LogP contribution < -0.4 is 5.32 Å². The molecule has 0 rings (SSSR count). The summed E-state index contributed by atoms with van der Waals surface area (Å²) < 4.78 is 0. The molecule has 1 heteroatoms. The van der Waals surface area contributed by atoms with Crippen molar-refractivity contribution in [3.8, 4) is 0 Å². The van der Waals surface area contributed by atoms with Gasteiger partial charge in [-0.1, -0.05) is 53.4 Å². The van der Waals surface area contributed by atoms with Gasteiger partial charge >= 0.3 is 0 Å². The molecule has 0 spiro atoms. The highest BCUT2D eigenvalue weighted by molar-refractivity contribution is 4.62. The summed E-state index contributed by atoms with van der Waals surface area (Å²) in [5.41, 5.74) is 0. The molecule has 1 nitrogen and oxygen atoms in total. The molecule has 1 N–H and O–H groups in total. The topological polar surface area (TPSA) is 12.0 Å². The average Bonchev–Trinajstić information content (AvgIpc) is 2.24. The first-order chi connectivity index (χ1) is 7.24. The molecular weight excluding hydrogens is 182 g/mol. The zero-order chi connectivity index (χ0) is 11.5. The Kier molecular flexibility index (Phi) is 10.4. The van der Waals surface area contributed by atoms with Gasteiger partial charge in [0.25, 0.3) is 0 Å². The Morgan fingerprint density at radius 2 is 1.67 bits per heavy atom. The molecule has 15 heavy (non-hydrogen) atoms. The minimum atomic E-state index is 0.849. The molecule has 2 unspecified atom stereocenters. The van der Waals surface area contributed by atoms with E-state index in [0.29, 0.717) is 0 Å². The van der Waals surface area contributed by atoms with Crippen molar-refractivity contribution in [3.05, 3.63) is 0 Å². The summed E-state index contributed by atoms with van der Waals surface area (Å²) in [6, 6.07) is 0. The molecule has 0 aromatic rings. The van der Waals surface area contributed by atoms with Crippen LogP contribution in [-0.4, -0.2) is 13.1 Å². The van der Waals surface area contributed by atoms with Gasteiger partial charge in [0.05, 0.1) is 0 Å². The van der Waals surface area contributed by atoms with E-state index in [9.17, 15) is 0 Å². The lowest BCUT2D eigenvalue weighted by Gasteiger charge is -2.17. The summed E-state index contributed by atoms with van der Waals surface area (Å²) in [5.74, 6) is 1.83. The van der Waals surface area contributed by atoms with Crippen molar-refractivity contribution in [1.82, 2.24) is 5.32 Å². The van der Waals surface area contributed by atoms with Gasteiger partial charge in [-0.25, -0.2) is 0 Å². The molecule has 0 radical (unpaired) electrons. The fourth-order valence-corrected chi connectivity index (χ4v) is 2.11. The lowest BCUT2D eigenvalue weighted by molar-refractivity contribution is 0.368. The standard InChI is InChI=1S/C14H31N/c1-5-8-14(7-3)10-9-13(4)12-15-11-6-2/h13-15H,5-12H2,1-4H3.